The number of nitrogens with one attached hydrogen (secondary N) is 1. The van der Waals surface area contributed by atoms with Crippen molar-refractivity contribution in [3.05, 3.63) is 59.7 Å². The van der Waals surface area contributed by atoms with Crippen molar-refractivity contribution in [1.82, 2.24) is 19.7 Å². The Labute approximate surface area is 167 Å². The number of carbonyl (C=O) groups excluding carboxylic acids is 1. The van der Waals surface area contributed by atoms with Crippen molar-refractivity contribution in [2.45, 2.75) is 19.4 Å². The molecule has 152 valence electrons. The molecule has 2 aromatic rings. The number of piperidine rings is 1. The number of rotatable bonds is 8. The molecule has 0 radical (unpaired) electrons. The zero-order valence-corrected chi connectivity index (χ0v) is 16.9. The molecule has 1 aromatic heterocycles. The maximum absolute atomic E-state index is 14.0. The van der Waals surface area contributed by atoms with Gasteiger partial charge in [-0.15, -0.1) is 0 Å². The summed E-state index contributed by atoms with van der Waals surface area (Å²) in [6.07, 6.45) is 5.73. The molecule has 1 aromatic carbocycles. The van der Waals surface area contributed by atoms with Gasteiger partial charge in [-0.1, -0.05) is 18.2 Å². The molecule has 6 heteroatoms. The first-order valence-electron chi connectivity index (χ1n) is 10.1. The van der Waals surface area contributed by atoms with Crippen LogP contribution < -0.4 is 0 Å². The van der Waals surface area contributed by atoms with Crippen LogP contribution in [0.15, 0.2) is 42.7 Å². The van der Waals surface area contributed by atoms with Crippen molar-refractivity contribution in [2.24, 2.45) is 5.92 Å². The highest BCUT2D eigenvalue weighted by atomic mass is 19.1. The molecule has 0 bridgehead atoms. The smallest absolute Gasteiger partial charge is 0.255 e. The van der Waals surface area contributed by atoms with Crippen LogP contribution in [0.2, 0.25) is 0 Å². The van der Waals surface area contributed by atoms with Gasteiger partial charge in [0.25, 0.3) is 5.91 Å². The summed E-state index contributed by atoms with van der Waals surface area (Å²) < 4.78 is 14.0. The summed E-state index contributed by atoms with van der Waals surface area (Å²) in [6, 6.07) is 8.83. The molecule has 0 unspecified atom stereocenters. The molecule has 0 saturated carbocycles. The number of aromatic amines is 1. The van der Waals surface area contributed by atoms with E-state index in [9.17, 15) is 9.18 Å². The van der Waals surface area contributed by atoms with Crippen LogP contribution in [0.5, 0.6) is 0 Å². The SMILES string of the molecule is CN(C)CCN(C[C@@H]1CCCN(Cc2ccccc2F)C1)C(=O)c1cc[nH]c1. The molecule has 1 aliphatic heterocycles. The van der Waals surface area contributed by atoms with E-state index in [4.69, 9.17) is 0 Å². The van der Waals surface area contributed by atoms with E-state index in [0.29, 0.717) is 24.6 Å². The average molecular weight is 387 g/mol. The highest BCUT2D eigenvalue weighted by molar-refractivity contribution is 5.94. The van der Waals surface area contributed by atoms with Crippen LogP contribution in [0.3, 0.4) is 0 Å². The number of likely N-dealkylation sites (N-methyl/N-ethyl adjacent to an activating group) is 1. The van der Waals surface area contributed by atoms with Crippen molar-refractivity contribution in [3.63, 3.8) is 0 Å². The molecule has 1 saturated heterocycles. The minimum atomic E-state index is -0.139. The third-order valence-corrected chi connectivity index (χ3v) is 5.38. The second-order valence-corrected chi connectivity index (χ2v) is 7.99. The van der Waals surface area contributed by atoms with Crippen LogP contribution in [0.25, 0.3) is 0 Å². The lowest BCUT2D eigenvalue weighted by Gasteiger charge is -2.36. The lowest BCUT2D eigenvalue weighted by Crippen LogP contribution is -2.44. The van der Waals surface area contributed by atoms with Gasteiger partial charge in [-0.2, -0.15) is 0 Å². The van der Waals surface area contributed by atoms with Crippen molar-refractivity contribution in [2.75, 3.05) is 46.8 Å². The van der Waals surface area contributed by atoms with Gasteiger partial charge >= 0.3 is 0 Å². The molecule has 2 heterocycles. The number of halogens is 1. The van der Waals surface area contributed by atoms with Crippen molar-refractivity contribution in [3.8, 4) is 0 Å². The molecule has 0 spiro atoms. The minimum Gasteiger partial charge on any atom is -0.367 e. The highest BCUT2D eigenvalue weighted by Crippen LogP contribution is 2.21. The third-order valence-electron chi connectivity index (χ3n) is 5.38. The molecular formula is C22H31FN4O. The maximum Gasteiger partial charge on any atom is 0.255 e. The second-order valence-electron chi connectivity index (χ2n) is 7.99. The van der Waals surface area contributed by atoms with Gasteiger partial charge in [-0.3, -0.25) is 9.69 Å². The number of H-pyrrole nitrogens is 1. The Morgan fingerprint density at radius 3 is 2.79 bits per heavy atom. The summed E-state index contributed by atoms with van der Waals surface area (Å²) in [7, 11) is 4.05. The summed E-state index contributed by atoms with van der Waals surface area (Å²) in [5.74, 6) is 0.347. The van der Waals surface area contributed by atoms with E-state index in [1.54, 1.807) is 18.5 Å². The van der Waals surface area contributed by atoms with Gasteiger partial charge in [0.05, 0.1) is 5.56 Å². The molecule has 5 nitrogen and oxygen atoms in total. The predicted molar refractivity (Wildman–Crippen MR) is 110 cm³/mol. The second kappa shape index (κ2) is 9.85. The Balaban J connectivity index is 1.62. The Morgan fingerprint density at radius 2 is 2.07 bits per heavy atom. The highest BCUT2D eigenvalue weighted by Gasteiger charge is 2.25. The number of carbonyl (C=O) groups is 1. The van der Waals surface area contributed by atoms with E-state index in [2.05, 4.69) is 14.8 Å². The number of amides is 1. The van der Waals surface area contributed by atoms with E-state index in [1.807, 2.05) is 37.2 Å². The van der Waals surface area contributed by atoms with Crippen LogP contribution in [0.4, 0.5) is 4.39 Å². The molecule has 1 amide bonds. The van der Waals surface area contributed by atoms with Gasteiger partial charge in [0.15, 0.2) is 0 Å². The van der Waals surface area contributed by atoms with E-state index in [0.717, 1.165) is 44.6 Å². The maximum atomic E-state index is 14.0. The summed E-state index contributed by atoms with van der Waals surface area (Å²) >= 11 is 0. The number of aromatic nitrogens is 1. The van der Waals surface area contributed by atoms with Crippen LogP contribution in [-0.4, -0.2) is 72.4 Å². The average Bonchev–Trinajstić information content (AvgIpc) is 3.21. The fraction of sp³-hybridized carbons (Fsp3) is 0.500. The first-order valence-corrected chi connectivity index (χ1v) is 10.1. The zero-order valence-electron chi connectivity index (χ0n) is 16.9. The quantitative estimate of drug-likeness (QED) is 0.758. The van der Waals surface area contributed by atoms with Crippen molar-refractivity contribution in [1.29, 1.82) is 0 Å². The number of hydrogen-bond acceptors (Lipinski definition) is 3. The minimum absolute atomic E-state index is 0.0781. The number of nitrogens with zero attached hydrogens (tertiary/aromatic N) is 3. The Morgan fingerprint density at radius 1 is 1.25 bits per heavy atom. The van der Waals surface area contributed by atoms with Crippen LogP contribution in [0, 0.1) is 11.7 Å². The number of likely N-dealkylation sites (tertiary alicyclic amines) is 1. The summed E-state index contributed by atoms with van der Waals surface area (Å²) in [5.41, 5.74) is 1.45. The molecular weight excluding hydrogens is 355 g/mol. The Bertz CT molecular complexity index is 747. The number of benzene rings is 1. The van der Waals surface area contributed by atoms with E-state index in [1.165, 1.54) is 6.07 Å². The standard InChI is InChI=1S/C22H31FN4O/c1-25(2)12-13-27(22(28)19-9-10-24-14-19)16-18-6-5-11-26(15-18)17-20-7-3-4-8-21(20)23/h3-4,7-10,14,18,24H,5-6,11-13,15-17H2,1-2H3/t18-/m1/s1. The van der Waals surface area contributed by atoms with Crippen molar-refractivity contribution < 1.29 is 9.18 Å². The van der Waals surface area contributed by atoms with Gasteiger partial charge in [-0.05, 0) is 51.5 Å². The van der Waals surface area contributed by atoms with E-state index >= 15 is 0 Å². The fourth-order valence-electron chi connectivity index (χ4n) is 3.86. The first-order chi connectivity index (χ1) is 13.5. The fourth-order valence-corrected chi connectivity index (χ4v) is 3.86. The summed E-state index contributed by atoms with van der Waals surface area (Å²) in [5, 5.41) is 0. The normalized spacial score (nSPS) is 17.8. The molecule has 1 fully saturated rings. The summed E-state index contributed by atoms with van der Waals surface area (Å²) in [6.45, 7) is 4.79. The van der Waals surface area contributed by atoms with Gasteiger partial charge in [-0.25, -0.2) is 4.39 Å². The molecule has 3 rings (SSSR count). The van der Waals surface area contributed by atoms with Gasteiger partial charge < -0.3 is 14.8 Å². The van der Waals surface area contributed by atoms with Gasteiger partial charge in [0.1, 0.15) is 5.82 Å². The topological polar surface area (TPSA) is 42.6 Å². The van der Waals surface area contributed by atoms with E-state index in [-0.39, 0.29) is 11.7 Å². The monoisotopic (exact) mass is 386 g/mol. The summed E-state index contributed by atoms with van der Waals surface area (Å²) in [4.78, 5) is 22.3. The molecule has 0 aliphatic carbocycles. The van der Waals surface area contributed by atoms with Gasteiger partial charge in [0.2, 0.25) is 0 Å². The zero-order chi connectivity index (χ0) is 19.9. The van der Waals surface area contributed by atoms with Crippen LogP contribution >= 0.6 is 0 Å². The lowest BCUT2D eigenvalue weighted by atomic mass is 9.96. The van der Waals surface area contributed by atoms with E-state index < -0.39 is 0 Å². The third kappa shape index (κ3) is 5.66. The molecule has 28 heavy (non-hydrogen) atoms. The molecule has 1 atom stereocenters. The first kappa shape index (κ1) is 20.6. The largest absolute Gasteiger partial charge is 0.367 e. The van der Waals surface area contributed by atoms with Crippen molar-refractivity contribution >= 4 is 5.91 Å². The molecule has 1 aliphatic rings. The van der Waals surface area contributed by atoms with Crippen LogP contribution in [0.1, 0.15) is 28.8 Å². The molecule has 1 N–H and O–H groups in total. The Hall–Kier alpha value is -2.18. The number of hydrogen-bond donors (Lipinski definition) is 1. The Kier molecular flexibility index (Phi) is 7.23. The predicted octanol–water partition coefficient (Wildman–Crippen LogP) is 3.07. The van der Waals surface area contributed by atoms with Crippen LogP contribution in [-0.2, 0) is 6.54 Å². The lowest BCUT2D eigenvalue weighted by molar-refractivity contribution is 0.0660. The van der Waals surface area contributed by atoms with Gasteiger partial charge in [0, 0.05) is 50.7 Å².